The van der Waals surface area contributed by atoms with Gasteiger partial charge in [0.2, 0.25) is 0 Å². The molecule has 2 rings (SSSR count). The smallest absolute Gasteiger partial charge is 0.255 e. The zero-order chi connectivity index (χ0) is 16.1. The van der Waals surface area contributed by atoms with Crippen LogP contribution in [-0.4, -0.2) is 29.9 Å². The highest BCUT2D eigenvalue weighted by Crippen LogP contribution is 2.28. The quantitative estimate of drug-likeness (QED) is 0.655. The Morgan fingerprint density at radius 1 is 1.32 bits per heavy atom. The van der Waals surface area contributed by atoms with Gasteiger partial charge in [0.15, 0.2) is 16.7 Å². The number of H-pyrrole nitrogens is 1. The number of thioether (sulfide) groups is 1. The zero-order valence-corrected chi connectivity index (χ0v) is 14.0. The van der Waals surface area contributed by atoms with Crippen molar-refractivity contribution in [2.75, 3.05) is 20.0 Å². The Hall–Kier alpha value is -1.95. The van der Waals surface area contributed by atoms with E-state index in [-0.39, 0.29) is 5.56 Å². The van der Waals surface area contributed by atoms with Crippen molar-refractivity contribution >= 4 is 11.8 Å². The monoisotopic (exact) mass is 320 g/mol. The lowest BCUT2D eigenvalue weighted by atomic mass is 10.0. The predicted molar refractivity (Wildman–Crippen MR) is 88.3 cm³/mol. The Kier molecular flexibility index (Phi) is 5.49. The maximum absolute atomic E-state index is 12.2. The van der Waals surface area contributed by atoms with Crippen LogP contribution in [0.3, 0.4) is 0 Å². The van der Waals surface area contributed by atoms with Crippen molar-refractivity contribution < 1.29 is 9.47 Å². The predicted octanol–water partition coefficient (Wildman–Crippen LogP) is 2.80. The highest BCUT2D eigenvalue weighted by molar-refractivity contribution is 7.98. The molecule has 1 N–H and O–H groups in total. The summed E-state index contributed by atoms with van der Waals surface area (Å²) in [5, 5.41) is 0.635. The molecule has 6 heteroatoms. The zero-order valence-electron chi connectivity index (χ0n) is 13.2. The lowest BCUT2D eigenvalue weighted by Gasteiger charge is -2.11. The molecule has 0 saturated heterocycles. The molecule has 0 radical (unpaired) electrons. The molecular formula is C16H20N2O3S. The molecule has 2 aromatic rings. The first-order valence-corrected chi connectivity index (χ1v) is 8.25. The highest BCUT2D eigenvalue weighted by atomic mass is 32.2. The fraction of sp³-hybridized carbons (Fsp3) is 0.375. The number of hydrogen-bond donors (Lipinski definition) is 1. The second-order valence-electron chi connectivity index (χ2n) is 4.73. The van der Waals surface area contributed by atoms with E-state index in [2.05, 4.69) is 9.97 Å². The van der Waals surface area contributed by atoms with Crippen molar-refractivity contribution in [3.05, 3.63) is 45.4 Å². The lowest BCUT2D eigenvalue weighted by Crippen LogP contribution is -2.17. The molecule has 1 heterocycles. The van der Waals surface area contributed by atoms with Crippen LogP contribution in [-0.2, 0) is 6.42 Å². The molecule has 0 spiro atoms. The Morgan fingerprint density at radius 3 is 2.68 bits per heavy atom. The Bertz CT molecular complexity index is 713. The molecule has 118 valence electrons. The van der Waals surface area contributed by atoms with Crippen LogP contribution in [0, 0.1) is 6.92 Å². The fourth-order valence-electron chi connectivity index (χ4n) is 2.19. The molecule has 0 aliphatic heterocycles. The Morgan fingerprint density at radius 2 is 2.09 bits per heavy atom. The number of aromatic amines is 1. The standard InChI is InChI=1S/C16H20N2O3S/c1-5-21-14-9-11(6-7-13(14)20-3)8-12-10(2)17-16(22-4)18-15(12)19/h6-7,9H,5,8H2,1-4H3,(H,17,18,19). The SMILES string of the molecule is CCOc1cc(Cc2c(C)nc(SC)[nH]c2=O)ccc1OC. The number of nitrogens with zero attached hydrogens (tertiary/aromatic N) is 1. The summed E-state index contributed by atoms with van der Waals surface area (Å²) >= 11 is 1.42. The number of rotatable bonds is 6. The fourth-order valence-corrected chi connectivity index (χ4v) is 2.62. The summed E-state index contributed by atoms with van der Waals surface area (Å²) < 4.78 is 10.8. The van der Waals surface area contributed by atoms with E-state index in [9.17, 15) is 4.79 Å². The van der Waals surface area contributed by atoms with Gasteiger partial charge in [0.05, 0.1) is 13.7 Å². The van der Waals surface area contributed by atoms with Crippen molar-refractivity contribution in [1.29, 1.82) is 0 Å². The van der Waals surface area contributed by atoms with Crippen LogP contribution in [0.4, 0.5) is 0 Å². The number of aromatic nitrogens is 2. The van der Waals surface area contributed by atoms with E-state index in [4.69, 9.17) is 9.47 Å². The van der Waals surface area contributed by atoms with Crippen LogP contribution in [0.2, 0.25) is 0 Å². The Labute approximate surface area is 134 Å². The minimum absolute atomic E-state index is 0.0920. The first kappa shape index (κ1) is 16.4. The van der Waals surface area contributed by atoms with Gasteiger partial charge in [-0.1, -0.05) is 17.8 Å². The van der Waals surface area contributed by atoms with Crippen LogP contribution < -0.4 is 15.0 Å². The lowest BCUT2D eigenvalue weighted by molar-refractivity contribution is 0.310. The average molecular weight is 320 g/mol. The van der Waals surface area contributed by atoms with Gasteiger partial charge in [0.25, 0.3) is 5.56 Å². The van der Waals surface area contributed by atoms with E-state index < -0.39 is 0 Å². The van der Waals surface area contributed by atoms with Crippen LogP contribution in [0.25, 0.3) is 0 Å². The molecule has 5 nitrogen and oxygen atoms in total. The third-order valence-electron chi connectivity index (χ3n) is 3.30. The molecule has 0 saturated carbocycles. The number of methoxy groups -OCH3 is 1. The third kappa shape index (κ3) is 3.62. The van der Waals surface area contributed by atoms with Gasteiger partial charge >= 0.3 is 0 Å². The topological polar surface area (TPSA) is 64.2 Å². The van der Waals surface area contributed by atoms with E-state index in [1.807, 2.05) is 38.3 Å². The minimum Gasteiger partial charge on any atom is -0.493 e. The largest absolute Gasteiger partial charge is 0.493 e. The van der Waals surface area contributed by atoms with E-state index >= 15 is 0 Å². The van der Waals surface area contributed by atoms with Crippen molar-refractivity contribution in [2.45, 2.75) is 25.4 Å². The van der Waals surface area contributed by atoms with E-state index in [0.29, 0.717) is 35.2 Å². The molecule has 0 atom stereocenters. The summed E-state index contributed by atoms with van der Waals surface area (Å²) in [7, 11) is 1.61. The maximum Gasteiger partial charge on any atom is 0.255 e. The number of aryl methyl sites for hydroxylation is 1. The van der Waals surface area contributed by atoms with Crippen LogP contribution >= 0.6 is 11.8 Å². The van der Waals surface area contributed by atoms with Gasteiger partial charge in [0, 0.05) is 17.7 Å². The molecule has 0 fully saturated rings. The summed E-state index contributed by atoms with van der Waals surface area (Å²) in [4.78, 5) is 19.4. The molecule has 1 aromatic carbocycles. The molecule has 0 bridgehead atoms. The van der Waals surface area contributed by atoms with Crippen LogP contribution in [0.1, 0.15) is 23.7 Å². The van der Waals surface area contributed by atoms with Gasteiger partial charge in [-0.15, -0.1) is 0 Å². The highest BCUT2D eigenvalue weighted by Gasteiger charge is 2.11. The van der Waals surface area contributed by atoms with E-state index in [1.54, 1.807) is 7.11 Å². The van der Waals surface area contributed by atoms with Gasteiger partial charge in [-0.3, -0.25) is 4.79 Å². The molecular weight excluding hydrogens is 300 g/mol. The summed E-state index contributed by atoms with van der Waals surface area (Å²) in [6.07, 6.45) is 2.39. The molecule has 22 heavy (non-hydrogen) atoms. The molecule has 0 unspecified atom stereocenters. The molecule has 1 aromatic heterocycles. The number of ether oxygens (including phenoxy) is 2. The summed E-state index contributed by atoms with van der Waals surface area (Å²) in [5.74, 6) is 1.37. The van der Waals surface area contributed by atoms with Gasteiger partial charge in [0.1, 0.15) is 0 Å². The molecule has 0 amide bonds. The first-order valence-electron chi connectivity index (χ1n) is 7.02. The second-order valence-corrected chi connectivity index (χ2v) is 5.53. The van der Waals surface area contributed by atoms with Gasteiger partial charge in [-0.25, -0.2) is 4.98 Å². The minimum atomic E-state index is -0.0920. The van der Waals surface area contributed by atoms with Crippen LogP contribution in [0.15, 0.2) is 28.2 Å². The maximum atomic E-state index is 12.2. The van der Waals surface area contributed by atoms with Crippen LogP contribution in [0.5, 0.6) is 11.5 Å². The van der Waals surface area contributed by atoms with E-state index in [0.717, 1.165) is 11.3 Å². The Balaban J connectivity index is 2.35. The summed E-state index contributed by atoms with van der Waals surface area (Å²) in [6.45, 7) is 4.34. The van der Waals surface area contributed by atoms with Gasteiger partial charge in [-0.2, -0.15) is 0 Å². The number of hydrogen-bond acceptors (Lipinski definition) is 5. The summed E-state index contributed by atoms with van der Waals surface area (Å²) in [5.41, 5.74) is 2.31. The average Bonchev–Trinajstić information content (AvgIpc) is 2.51. The third-order valence-corrected chi connectivity index (χ3v) is 3.88. The second kappa shape index (κ2) is 7.35. The molecule has 0 aliphatic carbocycles. The van der Waals surface area contributed by atoms with Gasteiger partial charge < -0.3 is 14.5 Å². The first-order chi connectivity index (χ1) is 10.6. The summed E-state index contributed by atoms with van der Waals surface area (Å²) in [6, 6.07) is 5.69. The normalized spacial score (nSPS) is 10.5. The van der Waals surface area contributed by atoms with Crippen molar-refractivity contribution in [3.8, 4) is 11.5 Å². The van der Waals surface area contributed by atoms with E-state index in [1.165, 1.54) is 11.8 Å². The molecule has 0 aliphatic rings. The van der Waals surface area contributed by atoms with Gasteiger partial charge in [-0.05, 0) is 37.8 Å². The van der Waals surface area contributed by atoms with Crippen molar-refractivity contribution in [3.63, 3.8) is 0 Å². The number of benzene rings is 1. The van der Waals surface area contributed by atoms with Crippen molar-refractivity contribution in [1.82, 2.24) is 9.97 Å². The van der Waals surface area contributed by atoms with Crippen molar-refractivity contribution in [2.24, 2.45) is 0 Å². The number of nitrogens with one attached hydrogen (secondary N) is 1.